The van der Waals surface area contributed by atoms with Crippen LogP contribution in [0.1, 0.15) is 24.5 Å². The summed E-state index contributed by atoms with van der Waals surface area (Å²) in [5.74, 6) is 0.761. The van der Waals surface area contributed by atoms with Crippen molar-refractivity contribution in [3.8, 4) is 0 Å². The number of hydrogen-bond donors (Lipinski definition) is 0. The van der Waals surface area contributed by atoms with Crippen LogP contribution >= 0.6 is 0 Å². The molecule has 2 aromatic carbocycles. The van der Waals surface area contributed by atoms with Crippen LogP contribution in [0.4, 0.5) is 0 Å². The molecule has 0 heterocycles. The number of rotatable bonds is 2. The fraction of sp³-hybridized carbons (Fsp3) is 0.250. The Morgan fingerprint density at radius 3 is 1.50 bits per heavy atom. The van der Waals surface area contributed by atoms with E-state index in [0.29, 0.717) is 5.41 Å². The lowest BCUT2D eigenvalue weighted by Gasteiger charge is -2.17. The van der Waals surface area contributed by atoms with Crippen molar-refractivity contribution in [2.24, 2.45) is 5.92 Å². The number of benzene rings is 2. The molecule has 1 atom stereocenters. The van der Waals surface area contributed by atoms with Crippen molar-refractivity contribution in [2.45, 2.75) is 18.8 Å². The zero-order valence-electron chi connectivity index (χ0n) is 9.56. The standard InChI is InChI=1S/C16H16/c1-13-12-16(13,14-8-4-2-5-9-14)15-10-6-3-7-11-15/h2-11,13H,12H2,1H3/t13-/m1/s1. The van der Waals surface area contributed by atoms with Gasteiger partial charge < -0.3 is 0 Å². The summed E-state index contributed by atoms with van der Waals surface area (Å²) >= 11 is 0. The first kappa shape index (κ1) is 9.65. The Bertz CT molecular complexity index is 430. The third-order valence-corrected chi connectivity index (χ3v) is 3.89. The zero-order valence-corrected chi connectivity index (χ0v) is 9.56. The van der Waals surface area contributed by atoms with Crippen LogP contribution in [-0.4, -0.2) is 0 Å². The van der Waals surface area contributed by atoms with Gasteiger partial charge in [0.2, 0.25) is 0 Å². The van der Waals surface area contributed by atoms with Crippen LogP contribution in [0.2, 0.25) is 0 Å². The molecule has 0 bridgehead atoms. The van der Waals surface area contributed by atoms with Gasteiger partial charge in [-0.3, -0.25) is 0 Å². The molecule has 1 aliphatic rings. The van der Waals surface area contributed by atoms with Gasteiger partial charge in [0.15, 0.2) is 0 Å². The monoisotopic (exact) mass is 208 g/mol. The Morgan fingerprint density at radius 1 is 0.812 bits per heavy atom. The Labute approximate surface area is 96.9 Å². The molecule has 1 saturated carbocycles. The molecule has 0 amide bonds. The lowest BCUT2D eigenvalue weighted by atomic mass is 9.86. The second-order valence-electron chi connectivity index (χ2n) is 4.81. The highest BCUT2D eigenvalue weighted by Crippen LogP contribution is 2.58. The summed E-state index contributed by atoms with van der Waals surface area (Å²) in [5, 5.41) is 0. The van der Waals surface area contributed by atoms with Crippen molar-refractivity contribution >= 4 is 0 Å². The van der Waals surface area contributed by atoms with Crippen LogP contribution in [0.15, 0.2) is 60.7 Å². The molecule has 0 saturated heterocycles. The summed E-state index contributed by atoms with van der Waals surface area (Å²) < 4.78 is 0. The molecule has 0 aromatic heterocycles. The second kappa shape index (κ2) is 3.48. The molecular formula is C16H16. The Balaban J connectivity index is 2.10. The maximum absolute atomic E-state index is 2.35. The predicted molar refractivity (Wildman–Crippen MR) is 67.4 cm³/mol. The Hall–Kier alpha value is -1.56. The summed E-state index contributed by atoms with van der Waals surface area (Å²) in [6.45, 7) is 2.35. The minimum absolute atomic E-state index is 0.294. The smallest absolute Gasteiger partial charge is 0.0231 e. The third kappa shape index (κ3) is 1.30. The second-order valence-corrected chi connectivity index (χ2v) is 4.81. The van der Waals surface area contributed by atoms with Gasteiger partial charge in [0.25, 0.3) is 0 Å². The summed E-state index contributed by atoms with van der Waals surface area (Å²) in [6.07, 6.45) is 1.28. The molecule has 2 aromatic rings. The van der Waals surface area contributed by atoms with Crippen LogP contribution in [0.25, 0.3) is 0 Å². The maximum atomic E-state index is 2.35. The molecule has 1 aliphatic carbocycles. The van der Waals surface area contributed by atoms with Crippen molar-refractivity contribution in [3.05, 3.63) is 71.8 Å². The van der Waals surface area contributed by atoms with Crippen LogP contribution in [0, 0.1) is 5.92 Å². The van der Waals surface area contributed by atoms with Gasteiger partial charge >= 0.3 is 0 Å². The first-order valence-corrected chi connectivity index (χ1v) is 5.95. The van der Waals surface area contributed by atoms with Gasteiger partial charge in [-0.15, -0.1) is 0 Å². The third-order valence-electron chi connectivity index (χ3n) is 3.89. The van der Waals surface area contributed by atoms with E-state index in [1.165, 1.54) is 17.5 Å². The highest BCUT2D eigenvalue weighted by molar-refractivity contribution is 5.46. The molecule has 0 radical (unpaired) electrons. The minimum atomic E-state index is 0.294. The molecule has 0 heteroatoms. The summed E-state index contributed by atoms with van der Waals surface area (Å²) in [5.41, 5.74) is 3.23. The van der Waals surface area contributed by atoms with Crippen molar-refractivity contribution in [3.63, 3.8) is 0 Å². The summed E-state index contributed by atoms with van der Waals surface area (Å²) in [7, 11) is 0. The molecule has 0 N–H and O–H groups in total. The first-order valence-electron chi connectivity index (χ1n) is 5.95. The first-order chi connectivity index (χ1) is 7.84. The van der Waals surface area contributed by atoms with E-state index in [2.05, 4.69) is 67.6 Å². The van der Waals surface area contributed by atoms with E-state index in [1.54, 1.807) is 0 Å². The van der Waals surface area contributed by atoms with Crippen LogP contribution < -0.4 is 0 Å². The van der Waals surface area contributed by atoms with Gasteiger partial charge in [-0.2, -0.15) is 0 Å². The van der Waals surface area contributed by atoms with Gasteiger partial charge in [-0.1, -0.05) is 67.6 Å². The predicted octanol–water partition coefficient (Wildman–Crippen LogP) is 4.01. The van der Waals surface area contributed by atoms with Gasteiger partial charge in [0, 0.05) is 5.41 Å². The maximum Gasteiger partial charge on any atom is 0.0231 e. The lowest BCUT2D eigenvalue weighted by molar-refractivity contribution is 0.749. The van der Waals surface area contributed by atoms with Crippen LogP contribution in [-0.2, 0) is 5.41 Å². The zero-order chi connectivity index (χ0) is 11.0. The highest BCUT2D eigenvalue weighted by atomic mass is 14.6. The quantitative estimate of drug-likeness (QED) is 0.699. The van der Waals surface area contributed by atoms with E-state index in [-0.39, 0.29) is 0 Å². The van der Waals surface area contributed by atoms with Crippen molar-refractivity contribution in [2.75, 3.05) is 0 Å². The van der Waals surface area contributed by atoms with Crippen molar-refractivity contribution in [1.29, 1.82) is 0 Å². The van der Waals surface area contributed by atoms with Gasteiger partial charge in [-0.05, 0) is 23.5 Å². The SMILES string of the molecule is C[C@@H]1CC1(c1ccccc1)c1ccccc1. The van der Waals surface area contributed by atoms with Crippen LogP contribution in [0.5, 0.6) is 0 Å². The van der Waals surface area contributed by atoms with Gasteiger partial charge in [0.1, 0.15) is 0 Å². The number of hydrogen-bond acceptors (Lipinski definition) is 0. The average Bonchev–Trinajstić information content (AvgIpc) is 3.05. The molecule has 80 valence electrons. The molecular weight excluding hydrogens is 192 g/mol. The lowest BCUT2D eigenvalue weighted by Crippen LogP contribution is -2.10. The van der Waals surface area contributed by atoms with Gasteiger partial charge in [0.05, 0.1) is 0 Å². The van der Waals surface area contributed by atoms with E-state index in [0.717, 1.165) is 5.92 Å². The average molecular weight is 208 g/mol. The van der Waals surface area contributed by atoms with E-state index < -0.39 is 0 Å². The fourth-order valence-corrected chi connectivity index (χ4v) is 2.87. The molecule has 3 rings (SSSR count). The molecule has 0 nitrogen and oxygen atoms in total. The van der Waals surface area contributed by atoms with E-state index in [9.17, 15) is 0 Å². The van der Waals surface area contributed by atoms with Crippen molar-refractivity contribution in [1.82, 2.24) is 0 Å². The summed E-state index contributed by atoms with van der Waals surface area (Å²) in [4.78, 5) is 0. The molecule has 1 fully saturated rings. The minimum Gasteiger partial charge on any atom is -0.0622 e. The Morgan fingerprint density at radius 2 is 1.19 bits per heavy atom. The molecule has 0 spiro atoms. The fourth-order valence-electron chi connectivity index (χ4n) is 2.87. The van der Waals surface area contributed by atoms with E-state index in [1.807, 2.05) is 0 Å². The van der Waals surface area contributed by atoms with E-state index in [4.69, 9.17) is 0 Å². The topological polar surface area (TPSA) is 0 Å². The molecule has 0 unspecified atom stereocenters. The summed E-state index contributed by atoms with van der Waals surface area (Å²) in [6, 6.07) is 21.8. The largest absolute Gasteiger partial charge is 0.0622 e. The Kier molecular flexibility index (Phi) is 2.10. The van der Waals surface area contributed by atoms with Crippen molar-refractivity contribution < 1.29 is 0 Å². The van der Waals surface area contributed by atoms with Crippen LogP contribution in [0.3, 0.4) is 0 Å². The normalized spacial score (nSPS) is 21.7. The van der Waals surface area contributed by atoms with Gasteiger partial charge in [-0.25, -0.2) is 0 Å². The van der Waals surface area contributed by atoms with E-state index >= 15 is 0 Å². The molecule has 0 aliphatic heterocycles. The highest BCUT2D eigenvalue weighted by Gasteiger charge is 2.53. The molecule has 16 heavy (non-hydrogen) atoms.